The molecule has 0 fully saturated rings. The predicted molar refractivity (Wildman–Crippen MR) is 90.0 cm³/mol. The highest BCUT2D eigenvalue weighted by molar-refractivity contribution is 7.89. The third-order valence-corrected chi connectivity index (χ3v) is 5.98. The largest absolute Gasteiger partial charge is 0.304 e. The van der Waals surface area contributed by atoms with Gasteiger partial charge in [0.05, 0.1) is 9.79 Å². The molecule has 9 heteroatoms. The lowest BCUT2D eigenvalue weighted by atomic mass is 10.2. The Morgan fingerprint density at radius 1 is 1.04 bits per heavy atom. The van der Waals surface area contributed by atoms with E-state index in [4.69, 9.17) is 5.14 Å². The Bertz CT molecular complexity index is 698. The van der Waals surface area contributed by atoms with Crippen LogP contribution in [0, 0.1) is 0 Å². The Balaban J connectivity index is 2.53. The van der Waals surface area contributed by atoms with Crippen LogP contribution in [0.15, 0.2) is 34.1 Å². The van der Waals surface area contributed by atoms with Crippen molar-refractivity contribution in [3.05, 3.63) is 24.3 Å². The summed E-state index contributed by atoms with van der Waals surface area (Å²) in [6.45, 7) is 5.45. The van der Waals surface area contributed by atoms with E-state index < -0.39 is 20.0 Å². The zero-order valence-corrected chi connectivity index (χ0v) is 15.3. The van der Waals surface area contributed by atoms with Crippen LogP contribution in [0.4, 0.5) is 0 Å². The number of nitrogens with one attached hydrogen (secondary N) is 1. The molecule has 3 N–H and O–H groups in total. The number of rotatable bonds is 9. The molecule has 1 rings (SSSR count). The summed E-state index contributed by atoms with van der Waals surface area (Å²) in [4.78, 5) is 2.10. The molecule has 0 atom stereocenters. The van der Waals surface area contributed by atoms with Gasteiger partial charge in [-0.2, -0.15) is 0 Å². The maximum absolute atomic E-state index is 12.1. The average Bonchev–Trinajstić information content (AvgIpc) is 2.45. The third-order valence-electron chi connectivity index (χ3n) is 3.57. The Morgan fingerprint density at radius 2 is 1.57 bits per heavy atom. The molecule has 132 valence electrons. The Kier molecular flexibility index (Phi) is 7.15. The molecule has 0 spiro atoms. The van der Waals surface area contributed by atoms with Gasteiger partial charge in [0.2, 0.25) is 20.0 Å². The molecule has 1 aromatic carbocycles. The lowest BCUT2D eigenvalue weighted by Crippen LogP contribution is -2.29. The fraction of sp³-hybridized carbons (Fsp3) is 0.571. The Labute approximate surface area is 139 Å². The fourth-order valence-corrected chi connectivity index (χ4v) is 3.43. The first kappa shape index (κ1) is 20.0. The second-order valence-electron chi connectivity index (χ2n) is 5.70. The predicted octanol–water partition coefficient (Wildman–Crippen LogP) is 0.733. The lowest BCUT2D eigenvalue weighted by Gasteiger charge is -2.20. The minimum absolute atomic E-state index is 0.0178. The van der Waals surface area contributed by atoms with E-state index >= 15 is 0 Å². The van der Waals surface area contributed by atoms with Crippen LogP contribution in [-0.4, -0.2) is 47.9 Å². The molecule has 0 radical (unpaired) electrons. The molecule has 0 aliphatic rings. The van der Waals surface area contributed by atoms with Crippen LogP contribution in [-0.2, 0) is 20.0 Å². The second kappa shape index (κ2) is 8.20. The molecule has 1 aromatic rings. The summed E-state index contributed by atoms with van der Waals surface area (Å²) in [5, 5.41) is 4.98. The number of hydrogen-bond acceptors (Lipinski definition) is 5. The first-order valence-electron chi connectivity index (χ1n) is 7.37. The number of hydrogen-bond donors (Lipinski definition) is 2. The van der Waals surface area contributed by atoms with Crippen molar-refractivity contribution < 1.29 is 16.8 Å². The van der Waals surface area contributed by atoms with Crippen molar-refractivity contribution in [2.75, 3.05) is 20.1 Å². The van der Waals surface area contributed by atoms with Crippen LogP contribution in [0.1, 0.15) is 26.7 Å². The normalized spacial score (nSPS) is 13.0. The van der Waals surface area contributed by atoms with Gasteiger partial charge in [0.1, 0.15) is 0 Å². The number of benzene rings is 1. The molecular weight excluding hydrogens is 338 g/mol. The summed E-state index contributed by atoms with van der Waals surface area (Å²) in [5.41, 5.74) is 0. The Hall–Kier alpha value is -1.00. The number of nitrogens with zero attached hydrogens (tertiary/aromatic N) is 1. The summed E-state index contributed by atoms with van der Waals surface area (Å²) < 4.78 is 49.0. The first-order chi connectivity index (χ1) is 10.5. The number of unbranched alkanes of at least 4 members (excludes halogenated alkanes) is 1. The molecule has 0 saturated carbocycles. The van der Waals surface area contributed by atoms with Crippen molar-refractivity contribution in [1.82, 2.24) is 9.62 Å². The van der Waals surface area contributed by atoms with Gasteiger partial charge >= 0.3 is 0 Å². The summed E-state index contributed by atoms with van der Waals surface area (Å²) in [5.74, 6) is 0. The molecule has 0 saturated heterocycles. The van der Waals surface area contributed by atoms with Crippen molar-refractivity contribution in [2.24, 2.45) is 5.14 Å². The first-order valence-corrected chi connectivity index (χ1v) is 10.4. The second-order valence-corrected chi connectivity index (χ2v) is 9.02. The number of sulfonamides is 2. The summed E-state index contributed by atoms with van der Waals surface area (Å²) in [7, 11) is -5.43. The van der Waals surface area contributed by atoms with Crippen LogP contribution in [0.3, 0.4) is 0 Å². The zero-order valence-electron chi connectivity index (χ0n) is 13.7. The molecular formula is C14H25N3O4S2. The van der Waals surface area contributed by atoms with E-state index in [1.165, 1.54) is 24.3 Å². The topological polar surface area (TPSA) is 110 Å². The minimum Gasteiger partial charge on any atom is -0.304 e. The van der Waals surface area contributed by atoms with Gasteiger partial charge in [0.15, 0.2) is 0 Å². The average molecular weight is 364 g/mol. The highest BCUT2D eigenvalue weighted by Gasteiger charge is 2.15. The number of primary sulfonamides is 1. The minimum atomic E-state index is -3.82. The highest BCUT2D eigenvalue weighted by Crippen LogP contribution is 2.13. The molecule has 0 aromatic heterocycles. The van der Waals surface area contributed by atoms with Crippen molar-refractivity contribution >= 4 is 20.0 Å². The lowest BCUT2D eigenvalue weighted by molar-refractivity contribution is 0.268. The molecule has 23 heavy (non-hydrogen) atoms. The SMILES string of the molecule is CC(C)N(C)CCCCNS(=O)(=O)c1ccc(S(N)(=O)=O)cc1. The highest BCUT2D eigenvalue weighted by atomic mass is 32.2. The van der Waals surface area contributed by atoms with E-state index in [1.807, 2.05) is 7.05 Å². The summed E-state index contributed by atoms with van der Waals surface area (Å²) in [6.07, 6.45) is 1.62. The summed E-state index contributed by atoms with van der Waals surface area (Å²) >= 11 is 0. The summed E-state index contributed by atoms with van der Waals surface area (Å²) in [6, 6.07) is 5.29. The van der Waals surface area contributed by atoms with E-state index in [0.717, 1.165) is 19.4 Å². The molecule has 0 bridgehead atoms. The quantitative estimate of drug-likeness (QED) is 0.629. The van der Waals surface area contributed by atoms with Gasteiger partial charge in [-0.3, -0.25) is 0 Å². The molecule has 7 nitrogen and oxygen atoms in total. The molecule has 0 heterocycles. The maximum Gasteiger partial charge on any atom is 0.240 e. The van der Waals surface area contributed by atoms with Crippen LogP contribution in [0.25, 0.3) is 0 Å². The molecule has 0 aliphatic carbocycles. The standard InChI is InChI=1S/C14H25N3O4S2/c1-12(2)17(3)11-5-4-10-16-23(20,21)14-8-6-13(7-9-14)22(15,18)19/h6-9,12,16H,4-5,10-11H2,1-3H3,(H2,15,18,19). The number of nitrogens with two attached hydrogens (primary N) is 1. The van der Waals surface area contributed by atoms with E-state index in [1.54, 1.807) is 0 Å². The van der Waals surface area contributed by atoms with Gasteiger partial charge in [-0.25, -0.2) is 26.7 Å². The zero-order chi connectivity index (χ0) is 17.7. The van der Waals surface area contributed by atoms with Crippen LogP contribution < -0.4 is 9.86 Å². The Morgan fingerprint density at radius 3 is 2.04 bits per heavy atom. The van der Waals surface area contributed by atoms with E-state index in [2.05, 4.69) is 23.5 Å². The van der Waals surface area contributed by atoms with Gasteiger partial charge < -0.3 is 4.90 Å². The smallest absolute Gasteiger partial charge is 0.240 e. The fourth-order valence-electron chi connectivity index (χ4n) is 1.84. The van der Waals surface area contributed by atoms with Gasteiger partial charge in [-0.05, 0) is 64.5 Å². The van der Waals surface area contributed by atoms with E-state index in [0.29, 0.717) is 12.6 Å². The van der Waals surface area contributed by atoms with Crippen LogP contribution >= 0.6 is 0 Å². The van der Waals surface area contributed by atoms with Gasteiger partial charge in [-0.1, -0.05) is 0 Å². The molecule has 0 amide bonds. The van der Waals surface area contributed by atoms with Crippen molar-refractivity contribution in [2.45, 2.75) is 42.5 Å². The van der Waals surface area contributed by atoms with Gasteiger partial charge in [-0.15, -0.1) is 0 Å². The molecule has 0 aliphatic heterocycles. The maximum atomic E-state index is 12.1. The van der Waals surface area contributed by atoms with Gasteiger partial charge in [0.25, 0.3) is 0 Å². The van der Waals surface area contributed by atoms with Gasteiger partial charge in [0, 0.05) is 12.6 Å². The third kappa shape index (κ3) is 6.56. The molecule has 0 unspecified atom stereocenters. The van der Waals surface area contributed by atoms with Crippen LogP contribution in [0.2, 0.25) is 0 Å². The van der Waals surface area contributed by atoms with Crippen molar-refractivity contribution in [1.29, 1.82) is 0 Å². The van der Waals surface area contributed by atoms with Crippen LogP contribution in [0.5, 0.6) is 0 Å². The van der Waals surface area contributed by atoms with Crippen molar-refractivity contribution in [3.63, 3.8) is 0 Å². The monoisotopic (exact) mass is 363 g/mol. The van der Waals surface area contributed by atoms with E-state index in [-0.39, 0.29) is 9.79 Å². The van der Waals surface area contributed by atoms with E-state index in [9.17, 15) is 16.8 Å². The van der Waals surface area contributed by atoms with Crippen molar-refractivity contribution in [3.8, 4) is 0 Å².